The lowest BCUT2D eigenvalue weighted by atomic mass is 10.1. The fraction of sp³-hybridized carbons (Fsp3) is 0.286. The number of halogens is 1. The van der Waals surface area contributed by atoms with Gasteiger partial charge in [0.1, 0.15) is 11.4 Å². The number of carbonyl (C=O) groups excluding carboxylic acids is 1. The molecule has 0 aliphatic rings. The van der Waals surface area contributed by atoms with E-state index < -0.39 is 33.6 Å². The van der Waals surface area contributed by atoms with E-state index in [4.69, 9.17) is 4.74 Å². The van der Waals surface area contributed by atoms with E-state index in [1.54, 1.807) is 45.9 Å². The molecule has 0 unspecified atom stereocenters. The fourth-order valence-electron chi connectivity index (χ4n) is 2.96. The van der Waals surface area contributed by atoms with Crippen molar-refractivity contribution < 1.29 is 22.3 Å². The second-order valence-corrected chi connectivity index (χ2v) is 9.55. The van der Waals surface area contributed by atoms with Crippen molar-refractivity contribution >= 4 is 27.0 Å². The topological polar surface area (TPSA) is 77.4 Å². The zero-order valence-electron chi connectivity index (χ0n) is 16.6. The van der Waals surface area contributed by atoms with Crippen LogP contribution in [-0.4, -0.2) is 24.1 Å². The highest BCUT2D eigenvalue weighted by Gasteiger charge is 2.23. The lowest BCUT2D eigenvalue weighted by Gasteiger charge is -2.22. The maximum Gasteiger partial charge on any atom is 0.408 e. The van der Waals surface area contributed by atoms with E-state index in [-0.39, 0.29) is 10.5 Å². The van der Waals surface area contributed by atoms with E-state index in [9.17, 15) is 17.6 Å². The number of benzene rings is 2. The number of hydrogen-bond acceptors (Lipinski definition) is 4. The van der Waals surface area contributed by atoms with Gasteiger partial charge in [-0.15, -0.1) is 0 Å². The third-order valence-electron chi connectivity index (χ3n) is 4.27. The highest BCUT2D eigenvalue weighted by Crippen LogP contribution is 2.28. The van der Waals surface area contributed by atoms with Crippen LogP contribution in [0.2, 0.25) is 0 Å². The van der Waals surface area contributed by atoms with Crippen molar-refractivity contribution in [3.05, 3.63) is 66.1 Å². The summed E-state index contributed by atoms with van der Waals surface area (Å²) in [5.74, 6) is -0.545. The molecule has 0 radical (unpaired) electrons. The summed E-state index contributed by atoms with van der Waals surface area (Å²) in [5, 5.41) is 3.02. The first-order chi connectivity index (χ1) is 13.5. The van der Waals surface area contributed by atoms with Gasteiger partial charge in [-0.25, -0.2) is 21.6 Å². The molecule has 3 aromatic rings. The van der Waals surface area contributed by atoms with Crippen LogP contribution in [0.15, 0.2) is 59.6 Å². The molecule has 29 heavy (non-hydrogen) atoms. The molecule has 0 fully saturated rings. The van der Waals surface area contributed by atoms with Gasteiger partial charge in [-0.2, -0.15) is 0 Å². The van der Waals surface area contributed by atoms with E-state index >= 15 is 0 Å². The molecular formula is C21H23FN2O4S. The average Bonchev–Trinajstić information content (AvgIpc) is 3.03. The van der Waals surface area contributed by atoms with Gasteiger partial charge in [-0.05, 0) is 58.0 Å². The van der Waals surface area contributed by atoms with Crippen LogP contribution in [0.25, 0.3) is 10.9 Å². The number of fused-ring (bicyclic) bond motifs is 1. The monoisotopic (exact) mass is 418 g/mol. The van der Waals surface area contributed by atoms with Crippen molar-refractivity contribution in [3.63, 3.8) is 0 Å². The van der Waals surface area contributed by atoms with Crippen LogP contribution in [0, 0.1) is 5.82 Å². The quantitative estimate of drug-likeness (QED) is 0.672. The Morgan fingerprint density at radius 3 is 2.41 bits per heavy atom. The van der Waals surface area contributed by atoms with Gasteiger partial charge in [-0.3, -0.25) is 0 Å². The molecule has 1 aromatic heterocycles. The average molecular weight is 418 g/mol. The predicted octanol–water partition coefficient (Wildman–Crippen LogP) is 4.60. The number of ether oxygens (including phenoxy) is 1. The van der Waals surface area contributed by atoms with Crippen molar-refractivity contribution in [2.24, 2.45) is 0 Å². The molecule has 0 spiro atoms. The zero-order valence-corrected chi connectivity index (χ0v) is 17.5. The second kappa shape index (κ2) is 7.51. The molecule has 2 aromatic carbocycles. The van der Waals surface area contributed by atoms with Crippen molar-refractivity contribution in [2.45, 2.75) is 44.2 Å². The van der Waals surface area contributed by atoms with Gasteiger partial charge in [0.25, 0.3) is 10.0 Å². The molecule has 1 heterocycles. The summed E-state index contributed by atoms with van der Waals surface area (Å²) in [6.45, 7) is 6.79. The van der Waals surface area contributed by atoms with Crippen LogP contribution in [0.3, 0.4) is 0 Å². The van der Waals surface area contributed by atoms with Crippen molar-refractivity contribution in [3.8, 4) is 0 Å². The SMILES string of the molecule is C[C@@H](NC(=O)OC(C)(C)C)c1cc2c(ccn2S(=O)(=O)c2ccccc2)cc1F. The normalized spacial score (nSPS) is 13.3. The van der Waals surface area contributed by atoms with Crippen LogP contribution in [0.5, 0.6) is 0 Å². The number of amides is 1. The summed E-state index contributed by atoms with van der Waals surface area (Å²) in [6, 6.07) is 11.5. The molecule has 0 saturated carbocycles. The number of aromatic nitrogens is 1. The maximum absolute atomic E-state index is 14.6. The van der Waals surface area contributed by atoms with E-state index in [0.717, 1.165) is 3.97 Å². The van der Waals surface area contributed by atoms with Crippen LogP contribution >= 0.6 is 0 Å². The fourth-order valence-corrected chi connectivity index (χ4v) is 4.32. The van der Waals surface area contributed by atoms with E-state index in [0.29, 0.717) is 10.9 Å². The van der Waals surface area contributed by atoms with Gasteiger partial charge in [-0.1, -0.05) is 18.2 Å². The standard InChI is InChI=1S/C21H23FN2O4S/c1-14(23-20(25)28-21(2,3)4)17-13-19-15(12-18(17)22)10-11-24(19)29(26,27)16-8-6-5-7-9-16/h5-14H,1-4H3,(H,23,25)/t14-/m1/s1. The molecule has 1 atom stereocenters. The number of alkyl carbamates (subject to hydrolysis) is 1. The third kappa shape index (κ3) is 4.42. The lowest BCUT2D eigenvalue weighted by molar-refractivity contribution is 0.0507. The number of nitrogens with zero attached hydrogens (tertiary/aromatic N) is 1. The minimum absolute atomic E-state index is 0.128. The number of carbonyl (C=O) groups is 1. The Kier molecular flexibility index (Phi) is 5.40. The Balaban J connectivity index is 2.00. The summed E-state index contributed by atoms with van der Waals surface area (Å²) in [5.41, 5.74) is -0.209. The van der Waals surface area contributed by atoms with Gasteiger partial charge in [0.2, 0.25) is 0 Å². The first-order valence-electron chi connectivity index (χ1n) is 9.10. The number of rotatable bonds is 4. The highest BCUT2D eigenvalue weighted by atomic mass is 32.2. The van der Waals surface area contributed by atoms with Gasteiger partial charge in [0.05, 0.1) is 16.5 Å². The summed E-state index contributed by atoms with van der Waals surface area (Å²) < 4.78 is 46.9. The molecule has 8 heteroatoms. The molecule has 6 nitrogen and oxygen atoms in total. The predicted molar refractivity (Wildman–Crippen MR) is 109 cm³/mol. The third-order valence-corrected chi connectivity index (χ3v) is 5.98. The lowest BCUT2D eigenvalue weighted by Crippen LogP contribution is -2.34. The van der Waals surface area contributed by atoms with Crippen molar-refractivity contribution in [2.75, 3.05) is 0 Å². The first kappa shape index (κ1) is 20.9. The van der Waals surface area contributed by atoms with Gasteiger partial charge < -0.3 is 10.1 Å². The molecule has 0 aliphatic heterocycles. The van der Waals surface area contributed by atoms with Crippen LogP contribution in [0.4, 0.5) is 9.18 Å². The van der Waals surface area contributed by atoms with Crippen molar-refractivity contribution in [1.29, 1.82) is 0 Å². The first-order valence-corrected chi connectivity index (χ1v) is 10.5. The van der Waals surface area contributed by atoms with Gasteiger partial charge >= 0.3 is 6.09 Å². The van der Waals surface area contributed by atoms with Gasteiger partial charge in [0.15, 0.2) is 0 Å². The van der Waals surface area contributed by atoms with E-state index in [2.05, 4.69) is 5.32 Å². The molecule has 0 saturated heterocycles. The Labute approximate surface area is 169 Å². The van der Waals surface area contributed by atoms with Crippen LogP contribution in [-0.2, 0) is 14.8 Å². The molecule has 3 rings (SSSR count). The highest BCUT2D eigenvalue weighted by molar-refractivity contribution is 7.90. The summed E-state index contributed by atoms with van der Waals surface area (Å²) in [7, 11) is -3.84. The minimum atomic E-state index is -3.84. The molecule has 0 bridgehead atoms. The summed E-state index contributed by atoms with van der Waals surface area (Å²) in [6.07, 6.45) is 0.708. The number of nitrogens with one attached hydrogen (secondary N) is 1. The Morgan fingerprint density at radius 1 is 1.14 bits per heavy atom. The largest absolute Gasteiger partial charge is 0.444 e. The Bertz CT molecular complexity index is 1150. The van der Waals surface area contributed by atoms with E-state index in [1.807, 2.05) is 0 Å². The van der Waals surface area contributed by atoms with Crippen molar-refractivity contribution in [1.82, 2.24) is 9.29 Å². The Hall–Kier alpha value is -2.87. The molecule has 1 amide bonds. The van der Waals surface area contributed by atoms with Crippen LogP contribution < -0.4 is 5.32 Å². The van der Waals surface area contributed by atoms with Crippen LogP contribution in [0.1, 0.15) is 39.3 Å². The molecular weight excluding hydrogens is 395 g/mol. The summed E-state index contributed by atoms with van der Waals surface area (Å²) in [4.78, 5) is 12.1. The number of hydrogen-bond donors (Lipinski definition) is 1. The maximum atomic E-state index is 14.6. The zero-order chi connectivity index (χ0) is 21.4. The smallest absolute Gasteiger partial charge is 0.408 e. The van der Waals surface area contributed by atoms with Gasteiger partial charge in [0, 0.05) is 17.1 Å². The Morgan fingerprint density at radius 2 is 1.79 bits per heavy atom. The molecule has 0 aliphatic carbocycles. The molecule has 1 N–H and O–H groups in total. The second-order valence-electron chi connectivity index (χ2n) is 7.73. The minimum Gasteiger partial charge on any atom is -0.444 e. The molecule has 154 valence electrons. The van der Waals surface area contributed by atoms with E-state index in [1.165, 1.54) is 36.5 Å². The summed E-state index contributed by atoms with van der Waals surface area (Å²) >= 11 is 0.